The molecule has 4 aliphatic carbocycles. The molecule has 3 heteroatoms. The topological polar surface area (TPSA) is 6.48 Å². The van der Waals surface area contributed by atoms with Crippen molar-refractivity contribution in [3.63, 3.8) is 0 Å². The molecule has 11 rings (SSSR count). The van der Waals surface area contributed by atoms with Gasteiger partial charge in [0.15, 0.2) is 0 Å². The lowest BCUT2D eigenvalue weighted by atomic mass is 9.33. The van der Waals surface area contributed by atoms with E-state index < -0.39 is 0 Å². The number of anilines is 4. The van der Waals surface area contributed by atoms with Crippen LogP contribution in [0.3, 0.4) is 0 Å². The molecular formula is C43H51BN2. The lowest BCUT2D eigenvalue weighted by Gasteiger charge is -2.60. The molecule has 0 radical (unpaired) electrons. The van der Waals surface area contributed by atoms with Crippen LogP contribution in [0.4, 0.5) is 22.7 Å². The van der Waals surface area contributed by atoms with Crippen molar-refractivity contribution in [3.8, 4) is 0 Å². The summed E-state index contributed by atoms with van der Waals surface area (Å²) in [4.78, 5) is 5.91. The number of hydrogen-bond acceptors (Lipinski definition) is 2. The lowest BCUT2D eigenvalue weighted by Crippen LogP contribution is -2.68. The van der Waals surface area contributed by atoms with Gasteiger partial charge in [-0.25, -0.2) is 0 Å². The van der Waals surface area contributed by atoms with Crippen molar-refractivity contribution in [2.45, 2.75) is 134 Å². The van der Waals surface area contributed by atoms with Crippen molar-refractivity contribution in [1.82, 2.24) is 0 Å². The molecule has 46 heavy (non-hydrogen) atoms. The average Bonchev–Trinajstić information content (AvgIpc) is 3.42. The van der Waals surface area contributed by atoms with Crippen molar-refractivity contribution in [2.75, 3.05) is 9.80 Å². The number of benzene rings is 3. The molecule has 8 atom stereocenters. The summed E-state index contributed by atoms with van der Waals surface area (Å²) in [6.45, 7) is 13.5. The molecule has 236 valence electrons. The van der Waals surface area contributed by atoms with Gasteiger partial charge in [-0.3, -0.25) is 0 Å². The van der Waals surface area contributed by atoms with Gasteiger partial charge in [0.2, 0.25) is 0 Å². The summed E-state index contributed by atoms with van der Waals surface area (Å²) in [5, 5.41) is 0. The van der Waals surface area contributed by atoms with E-state index in [-0.39, 0.29) is 21.9 Å². The quantitative estimate of drug-likeness (QED) is 0.236. The predicted molar refractivity (Wildman–Crippen MR) is 194 cm³/mol. The first-order valence-corrected chi connectivity index (χ1v) is 19.3. The number of aryl methyl sites for hydroxylation is 1. The van der Waals surface area contributed by atoms with Gasteiger partial charge in [0.1, 0.15) is 0 Å². The third-order valence-electron chi connectivity index (χ3n) is 16.9. The van der Waals surface area contributed by atoms with E-state index in [1.165, 1.54) is 94.0 Å². The maximum absolute atomic E-state index is 2.96. The fourth-order valence-electron chi connectivity index (χ4n) is 14.7. The van der Waals surface area contributed by atoms with Crippen LogP contribution in [-0.4, -0.2) is 17.8 Å². The first-order chi connectivity index (χ1) is 22.2. The van der Waals surface area contributed by atoms with Crippen molar-refractivity contribution in [2.24, 2.45) is 23.7 Å². The zero-order chi connectivity index (χ0) is 31.0. The fourth-order valence-corrected chi connectivity index (χ4v) is 14.7. The number of nitrogens with zero attached hydrogens (tertiary/aromatic N) is 2. The van der Waals surface area contributed by atoms with Gasteiger partial charge in [-0.05, 0) is 123 Å². The third-order valence-corrected chi connectivity index (χ3v) is 16.9. The van der Waals surface area contributed by atoms with Crippen LogP contribution in [0.1, 0.15) is 121 Å². The molecule has 8 aliphatic rings. The van der Waals surface area contributed by atoms with Crippen molar-refractivity contribution in [3.05, 3.63) is 65.2 Å². The predicted octanol–water partition coefficient (Wildman–Crippen LogP) is 8.67. The Morgan fingerprint density at radius 2 is 1.15 bits per heavy atom. The molecule has 0 aromatic heterocycles. The summed E-state index contributed by atoms with van der Waals surface area (Å²) >= 11 is 0. The zero-order valence-electron chi connectivity index (χ0n) is 28.9. The van der Waals surface area contributed by atoms with Gasteiger partial charge in [0.05, 0.1) is 11.1 Å². The molecule has 3 aromatic carbocycles. The Kier molecular flexibility index (Phi) is 5.03. The monoisotopic (exact) mass is 606 g/mol. The maximum atomic E-state index is 2.96. The molecule has 4 fully saturated rings. The zero-order valence-corrected chi connectivity index (χ0v) is 28.9. The minimum absolute atomic E-state index is 0.0994. The van der Waals surface area contributed by atoms with Gasteiger partial charge in [0, 0.05) is 33.6 Å². The van der Waals surface area contributed by atoms with E-state index in [0.717, 1.165) is 23.7 Å². The Labute approximate surface area is 277 Å². The van der Waals surface area contributed by atoms with Crippen LogP contribution in [0.25, 0.3) is 0 Å². The highest BCUT2D eigenvalue weighted by Gasteiger charge is 2.69. The molecule has 8 unspecified atom stereocenters. The largest absolute Gasteiger partial charge is 0.335 e. The van der Waals surface area contributed by atoms with Gasteiger partial charge in [-0.15, -0.1) is 0 Å². The molecule has 4 saturated carbocycles. The van der Waals surface area contributed by atoms with Crippen LogP contribution >= 0.6 is 0 Å². The number of fused-ring (bicyclic) bond motifs is 14. The van der Waals surface area contributed by atoms with E-state index >= 15 is 0 Å². The second kappa shape index (κ2) is 8.48. The fraction of sp³-hybridized carbons (Fsp3) is 0.581. The van der Waals surface area contributed by atoms with Crippen LogP contribution in [0.5, 0.6) is 0 Å². The second-order valence-electron chi connectivity index (χ2n) is 18.1. The van der Waals surface area contributed by atoms with Crippen LogP contribution in [0.15, 0.2) is 48.5 Å². The summed E-state index contributed by atoms with van der Waals surface area (Å²) in [7, 11) is 0. The van der Waals surface area contributed by atoms with Crippen molar-refractivity contribution in [1.29, 1.82) is 0 Å². The average molecular weight is 607 g/mol. The Morgan fingerprint density at radius 1 is 0.609 bits per heavy atom. The molecule has 0 amide bonds. The van der Waals surface area contributed by atoms with Crippen LogP contribution in [-0.2, 0) is 10.8 Å². The Hall–Kier alpha value is -2.68. The van der Waals surface area contributed by atoms with Gasteiger partial charge in [-0.2, -0.15) is 0 Å². The van der Waals surface area contributed by atoms with Crippen LogP contribution in [0, 0.1) is 30.6 Å². The van der Waals surface area contributed by atoms with E-state index in [4.69, 9.17) is 0 Å². The SMILES string of the molecule is Cc1cc2c3c(c1)C1(C)C4CCCCC4CCC1(C)N3c1cccc3c1B2c1cccc2c1N3C1(C)CCC3CCCCC3C21C. The van der Waals surface area contributed by atoms with Gasteiger partial charge in [0.25, 0.3) is 6.71 Å². The first kappa shape index (κ1) is 27.3. The molecule has 4 aliphatic heterocycles. The maximum Gasteiger partial charge on any atom is 0.252 e. The summed E-state index contributed by atoms with van der Waals surface area (Å²) in [5.41, 5.74) is 16.4. The molecule has 3 aromatic rings. The molecule has 2 nitrogen and oxygen atoms in total. The van der Waals surface area contributed by atoms with Gasteiger partial charge < -0.3 is 9.80 Å². The summed E-state index contributed by atoms with van der Waals surface area (Å²) in [6.07, 6.45) is 16.8. The Morgan fingerprint density at radius 3 is 1.78 bits per heavy atom. The standard InChI is InChI=1S/C43H51BN2/c1-26-24-32-39-34(25-26)44-33-17-10-16-31-38(33)45(40(2)22-20-27-12-6-8-14-29(27)42(31,40)4)35-18-11-19-36(37(35)44)46(39)41(3)23-21-28-13-7-9-15-30(28)43(32,41)5/h10-11,16-19,24-25,27-30H,6-9,12-15,20-23H2,1-5H3. The third kappa shape index (κ3) is 2.71. The highest BCUT2D eigenvalue weighted by atomic mass is 15.3. The van der Waals surface area contributed by atoms with E-state index in [1.807, 2.05) is 0 Å². The minimum Gasteiger partial charge on any atom is -0.335 e. The number of hydrogen-bond donors (Lipinski definition) is 0. The van der Waals surface area contributed by atoms with Crippen molar-refractivity contribution >= 4 is 45.9 Å². The van der Waals surface area contributed by atoms with E-state index in [1.54, 1.807) is 38.9 Å². The summed E-state index contributed by atoms with van der Waals surface area (Å²) in [5.74, 6) is 3.35. The highest BCUT2D eigenvalue weighted by molar-refractivity contribution is 7.00. The van der Waals surface area contributed by atoms with Gasteiger partial charge in [-0.1, -0.05) is 94.3 Å². The Bertz CT molecular complexity index is 1850. The smallest absolute Gasteiger partial charge is 0.252 e. The van der Waals surface area contributed by atoms with E-state index in [0.29, 0.717) is 6.71 Å². The molecular weight excluding hydrogens is 555 g/mol. The van der Waals surface area contributed by atoms with Crippen LogP contribution < -0.4 is 26.2 Å². The molecule has 0 N–H and O–H groups in total. The lowest BCUT2D eigenvalue weighted by molar-refractivity contribution is 0.0318. The van der Waals surface area contributed by atoms with Crippen LogP contribution in [0.2, 0.25) is 0 Å². The van der Waals surface area contributed by atoms with Crippen molar-refractivity contribution < 1.29 is 0 Å². The number of para-hydroxylation sites is 1. The minimum atomic E-state index is 0.0994. The normalized spacial score (nSPS) is 40.3. The van der Waals surface area contributed by atoms with Gasteiger partial charge >= 0.3 is 0 Å². The molecule has 0 bridgehead atoms. The summed E-state index contributed by atoms with van der Waals surface area (Å²) < 4.78 is 0. The first-order valence-electron chi connectivity index (χ1n) is 19.3. The molecule has 4 heterocycles. The second-order valence-corrected chi connectivity index (χ2v) is 18.1. The van der Waals surface area contributed by atoms with E-state index in [2.05, 4.69) is 92.9 Å². The summed E-state index contributed by atoms with van der Waals surface area (Å²) in [6, 6.07) is 20.3. The molecule has 0 saturated heterocycles. The molecule has 0 spiro atoms. The highest BCUT2D eigenvalue weighted by Crippen LogP contribution is 2.69. The Balaban J connectivity index is 1.21. The van der Waals surface area contributed by atoms with E-state index in [9.17, 15) is 0 Å². The number of rotatable bonds is 0.